The van der Waals surface area contributed by atoms with Crippen LogP contribution >= 0.6 is 0 Å². The highest BCUT2D eigenvalue weighted by Crippen LogP contribution is 2.29. The standard InChI is InChI=1S/C25H22N6O2/c1-16(17-6-4-3-5-7-17)27-24(33)21-14-30(2)22-9-8-18(12-20(21)22)19-10-11-31-23(13-19)28-25(29-31)26-15-32/h3-16H,1-2H3,(H,27,33)(H,26,29,32). The van der Waals surface area contributed by atoms with E-state index in [9.17, 15) is 9.59 Å². The molecule has 0 saturated carbocycles. The molecule has 2 amide bonds. The first-order valence-corrected chi connectivity index (χ1v) is 10.6. The number of nitrogens with zero attached hydrogens (tertiary/aromatic N) is 4. The topological polar surface area (TPSA) is 93.3 Å². The third-order valence-electron chi connectivity index (χ3n) is 5.74. The highest BCUT2D eigenvalue weighted by molar-refractivity contribution is 6.08. The van der Waals surface area contributed by atoms with E-state index in [0.717, 1.165) is 27.6 Å². The van der Waals surface area contributed by atoms with Crippen LogP contribution in [0.5, 0.6) is 0 Å². The Morgan fingerprint density at radius 3 is 2.64 bits per heavy atom. The van der Waals surface area contributed by atoms with Gasteiger partial charge in [-0.2, -0.15) is 4.98 Å². The molecule has 3 heterocycles. The van der Waals surface area contributed by atoms with E-state index in [1.807, 2.05) is 85.4 Å². The molecular formula is C25H22N6O2. The van der Waals surface area contributed by atoms with Crippen molar-refractivity contribution in [1.29, 1.82) is 0 Å². The van der Waals surface area contributed by atoms with Crippen LogP contribution in [0.25, 0.3) is 27.7 Å². The Balaban J connectivity index is 1.50. The van der Waals surface area contributed by atoms with E-state index in [-0.39, 0.29) is 17.9 Å². The Morgan fingerprint density at radius 2 is 1.85 bits per heavy atom. The van der Waals surface area contributed by atoms with Crippen molar-refractivity contribution in [3.8, 4) is 11.1 Å². The fourth-order valence-electron chi connectivity index (χ4n) is 4.03. The second-order valence-electron chi connectivity index (χ2n) is 7.91. The molecule has 33 heavy (non-hydrogen) atoms. The molecule has 0 fully saturated rings. The van der Waals surface area contributed by atoms with Crippen molar-refractivity contribution in [2.75, 3.05) is 5.32 Å². The Kier molecular flexibility index (Phi) is 5.10. The number of fused-ring (bicyclic) bond motifs is 2. The summed E-state index contributed by atoms with van der Waals surface area (Å²) in [5.74, 6) is 0.124. The van der Waals surface area contributed by atoms with E-state index >= 15 is 0 Å². The summed E-state index contributed by atoms with van der Waals surface area (Å²) in [6.07, 6.45) is 4.20. The van der Waals surface area contributed by atoms with Gasteiger partial charge in [0.2, 0.25) is 12.4 Å². The fraction of sp³-hybridized carbons (Fsp3) is 0.120. The van der Waals surface area contributed by atoms with Crippen LogP contribution in [0.15, 0.2) is 73.1 Å². The van der Waals surface area contributed by atoms with Gasteiger partial charge in [-0.15, -0.1) is 5.10 Å². The normalized spacial score (nSPS) is 12.1. The van der Waals surface area contributed by atoms with Crippen molar-refractivity contribution in [2.24, 2.45) is 7.05 Å². The summed E-state index contributed by atoms with van der Waals surface area (Å²) in [5, 5.41) is 10.6. The van der Waals surface area contributed by atoms with Crippen LogP contribution in [0.4, 0.5) is 5.95 Å². The Bertz CT molecular complexity index is 1490. The van der Waals surface area contributed by atoms with Crippen LogP contribution in [-0.2, 0) is 11.8 Å². The lowest BCUT2D eigenvalue weighted by Crippen LogP contribution is -2.26. The lowest BCUT2D eigenvalue weighted by molar-refractivity contribution is -0.105. The Morgan fingerprint density at radius 1 is 1.06 bits per heavy atom. The number of amides is 2. The monoisotopic (exact) mass is 438 g/mol. The van der Waals surface area contributed by atoms with Gasteiger partial charge in [-0.3, -0.25) is 14.9 Å². The number of nitrogens with one attached hydrogen (secondary N) is 2. The van der Waals surface area contributed by atoms with Crippen molar-refractivity contribution in [1.82, 2.24) is 24.5 Å². The largest absolute Gasteiger partial charge is 0.350 e. The molecule has 0 aliphatic heterocycles. The molecule has 0 bridgehead atoms. The highest BCUT2D eigenvalue weighted by atomic mass is 16.1. The number of carbonyl (C=O) groups is 2. The Labute approximate surface area is 189 Å². The number of rotatable bonds is 6. The van der Waals surface area contributed by atoms with E-state index < -0.39 is 0 Å². The van der Waals surface area contributed by atoms with Crippen LogP contribution in [-0.4, -0.2) is 31.5 Å². The highest BCUT2D eigenvalue weighted by Gasteiger charge is 2.17. The summed E-state index contributed by atoms with van der Waals surface area (Å²) in [6.45, 7) is 1.98. The molecule has 1 unspecified atom stereocenters. The second kappa shape index (κ2) is 8.23. The van der Waals surface area contributed by atoms with Crippen molar-refractivity contribution >= 4 is 34.8 Å². The minimum atomic E-state index is -0.119. The van der Waals surface area contributed by atoms with Crippen molar-refractivity contribution < 1.29 is 9.59 Å². The summed E-state index contributed by atoms with van der Waals surface area (Å²) in [4.78, 5) is 28.1. The summed E-state index contributed by atoms with van der Waals surface area (Å²) >= 11 is 0. The summed E-state index contributed by atoms with van der Waals surface area (Å²) in [5.41, 5.74) is 5.14. The van der Waals surface area contributed by atoms with Crippen molar-refractivity contribution in [3.63, 3.8) is 0 Å². The summed E-state index contributed by atoms with van der Waals surface area (Å²) in [7, 11) is 1.93. The molecule has 0 aliphatic carbocycles. The van der Waals surface area contributed by atoms with Crippen LogP contribution in [0.1, 0.15) is 28.9 Å². The molecular weight excluding hydrogens is 416 g/mol. The lowest BCUT2D eigenvalue weighted by Gasteiger charge is -2.14. The average Bonchev–Trinajstić information content (AvgIpc) is 3.39. The number of aryl methyl sites for hydroxylation is 1. The van der Waals surface area contributed by atoms with Gasteiger partial charge < -0.3 is 9.88 Å². The fourth-order valence-corrected chi connectivity index (χ4v) is 4.03. The maximum Gasteiger partial charge on any atom is 0.253 e. The number of pyridine rings is 1. The predicted molar refractivity (Wildman–Crippen MR) is 127 cm³/mol. The number of hydrogen-bond acceptors (Lipinski definition) is 4. The molecule has 0 spiro atoms. The quantitative estimate of drug-likeness (QED) is 0.393. The molecule has 5 aromatic rings. The molecule has 2 aromatic carbocycles. The van der Waals surface area contributed by atoms with Crippen LogP contribution in [0.3, 0.4) is 0 Å². The van der Waals surface area contributed by atoms with E-state index in [2.05, 4.69) is 20.7 Å². The van der Waals surface area contributed by atoms with Gasteiger partial charge in [-0.25, -0.2) is 4.52 Å². The van der Waals surface area contributed by atoms with Gasteiger partial charge in [0, 0.05) is 30.3 Å². The first-order chi connectivity index (χ1) is 16.0. The molecule has 1 atom stereocenters. The molecule has 8 heteroatoms. The zero-order valence-electron chi connectivity index (χ0n) is 18.2. The number of benzene rings is 2. The van der Waals surface area contributed by atoms with Gasteiger partial charge in [0.1, 0.15) is 0 Å². The third-order valence-corrected chi connectivity index (χ3v) is 5.74. The van der Waals surface area contributed by atoms with E-state index in [1.54, 1.807) is 10.7 Å². The van der Waals surface area contributed by atoms with Crippen LogP contribution in [0.2, 0.25) is 0 Å². The minimum Gasteiger partial charge on any atom is -0.350 e. The molecule has 0 saturated heterocycles. The van der Waals surface area contributed by atoms with Gasteiger partial charge in [0.05, 0.1) is 11.6 Å². The van der Waals surface area contributed by atoms with Crippen molar-refractivity contribution in [3.05, 3.63) is 84.2 Å². The predicted octanol–water partition coefficient (Wildman–Crippen LogP) is 3.95. The molecule has 5 rings (SSSR count). The minimum absolute atomic E-state index is 0.110. The van der Waals surface area contributed by atoms with Gasteiger partial charge in [-0.05, 0) is 47.9 Å². The SMILES string of the molecule is CC(NC(=O)c1cn(C)c2ccc(-c3ccn4nc(NC=O)nc4c3)cc12)c1ccccc1. The van der Waals surface area contributed by atoms with E-state index in [1.165, 1.54) is 0 Å². The molecule has 3 aromatic heterocycles. The first-order valence-electron chi connectivity index (χ1n) is 10.6. The summed E-state index contributed by atoms with van der Waals surface area (Å²) < 4.78 is 3.56. The number of aromatic nitrogens is 4. The zero-order chi connectivity index (χ0) is 22.9. The molecule has 2 N–H and O–H groups in total. The molecule has 8 nitrogen and oxygen atoms in total. The van der Waals surface area contributed by atoms with E-state index in [0.29, 0.717) is 17.6 Å². The van der Waals surface area contributed by atoms with Gasteiger partial charge in [0.15, 0.2) is 5.65 Å². The molecule has 164 valence electrons. The van der Waals surface area contributed by atoms with Gasteiger partial charge >= 0.3 is 0 Å². The van der Waals surface area contributed by atoms with Gasteiger partial charge in [0.25, 0.3) is 5.91 Å². The zero-order valence-corrected chi connectivity index (χ0v) is 18.2. The van der Waals surface area contributed by atoms with Crippen molar-refractivity contribution in [2.45, 2.75) is 13.0 Å². The van der Waals surface area contributed by atoms with Gasteiger partial charge in [-0.1, -0.05) is 36.4 Å². The smallest absolute Gasteiger partial charge is 0.253 e. The Hall–Kier alpha value is -4.46. The molecule has 0 radical (unpaired) electrons. The van der Waals surface area contributed by atoms with Crippen LogP contribution in [0, 0.1) is 0 Å². The third kappa shape index (κ3) is 3.82. The maximum atomic E-state index is 13.2. The number of anilines is 1. The first kappa shape index (κ1) is 20.4. The second-order valence-corrected chi connectivity index (χ2v) is 7.91. The number of carbonyl (C=O) groups excluding carboxylic acids is 2. The van der Waals surface area contributed by atoms with E-state index in [4.69, 9.17) is 0 Å². The number of hydrogen-bond donors (Lipinski definition) is 2. The van der Waals surface area contributed by atoms with Crippen LogP contribution < -0.4 is 10.6 Å². The average molecular weight is 438 g/mol. The molecule has 0 aliphatic rings. The summed E-state index contributed by atoms with van der Waals surface area (Å²) in [6, 6.07) is 19.6. The maximum absolute atomic E-state index is 13.2. The lowest BCUT2D eigenvalue weighted by atomic mass is 10.0.